The van der Waals surface area contributed by atoms with Crippen molar-refractivity contribution in [3.63, 3.8) is 0 Å². The summed E-state index contributed by atoms with van der Waals surface area (Å²) in [4.78, 5) is 60.5. The fourth-order valence-electron chi connectivity index (χ4n) is 6.52. The van der Waals surface area contributed by atoms with E-state index in [9.17, 15) is 19.2 Å². The molecule has 0 aliphatic carbocycles. The Balaban J connectivity index is 1.26. The molecule has 9 nitrogen and oxygen atoms in total. The van der Waals surface area contributed by atoms with E-state index in [0.717, 1.165) is 51.5 Å². The molecule has 0 saturated carbocycles. The van der Waals surface area contributed by atoms with E-state index in [1.165, 1.54) is 0 Å². The third-order valence-electron chi connectivity index (χ3n) is 8.56. The van der Waals surface area contributed by atoms with E-state index >= 15 is 0 Å². The van der Waals surface area contributed by atoms with Crippen molar-refractivity contribution in [3.05, 3.63) is 0 Å². The molecular weight excluding hydrogens is 581 g/mol. The molecule has 35 heavy (non-hydrogen) atoms. The maximum absolute atomic E-state index is 13.6. The van der Waals surface area contributed by atoms with Gasteiger partial charge in [-0.15, -0.1) is 0 Å². The van der Waals surface area contributed by atoms with Crippen LogP contribution in [-0.4, -0.2) is 114 Å². The molecule has 0 aromatic rings. The molecule has 6 unspecified atom stereocenters. The number of alkyl halides is 1. The van der Waals surface area contributed by atoms with Gasteiger partial charge in [-0.25, -0.2) is 0 Å². The van der Waals surface area contributed by atoms with Crippen LogP contribution in [0.15, 0.2) is 0 Å². The second-order valence-corrected chi connectivity index (χ2v) is 15.0. The van der Waals surface area contributed by atoms with Crippen molar-refractivity contribution >= 4 is 33.1 Å². The van der Waals surface area contributed by atoms with E-state index in [4.69, 9.17) is 0 Å². The maximum atomic E-state index is 13.6. The molecule has 1 N–H and O–H groups in total. The number of nitrogens with zero attached hydrogens (tertiary/aromatic N) is 4. The molecule has 0 aromatic heterocycles. The van der Waals surface area contributed by atoms with Crippen LogP contribution in [0, 0.1) is 0 Å². The van der Waals surface area contributed by atoms with E-state index in [0.29, 0.717) is 12.3 Å². The zero-order chi connectivity index (χ0) is 24.9. The molecular formula is C24H37IN5O4S-. The molecule has 5 aliphatic heterocycles. The van der Waals surface area contributed by atoms with Gasteiger partial charge in [0.05, 0.1) is 0 Å². The number of carbonyl (C=O) groups is 4. The third-order valence-corrected chi connectivity index (χ3v) is 13.5. The minimum atomic E-state index is -0.889. The Morgan fingerprint density at radius 2 is 1.86 bits per heavy atom. The van der Waals surface area contributed by atoms with E-state index in [1.807, 2.05) is 23.9 Å². The number of likely N-dealkylation sites (tertiary alicyclic amines) is 1. The first-order chi connectivity index (χ1) is 16.7. The monoisotopic (exact) mass is 618 g/mol. The van der Waals surface area contributed by atoms with Gasteiger partial charge in [0, 0.05) is 0 Å². The molecule has 5 aliphatic rings. The number of carbonyl (C=O) groups excluding carboxylic acids is 4. The Labute approximate surface area is 222 Å². The minimum absolute atomic E-state index is 0.0152. The number of likely N-dealkylation sites (N-methyl/N-ethyl adjacent to an activating group) is 2. The molecule has 6 atom stereocenters. The van der Waals surface area contributed by atoms with Crippen LogP contribution in [0.3, 0.4) is 0 Å². The van der Waals surface area contributed by atoms with Gasteiger partial charge in [-0.1, -0.05) is 0 Å². The Morgan fingerprint density at radius 3 is 2.57 bits per heavy atom. The number of Topliss-reactive ketones (excluding diaryl/α,β-unsaturated/α-hetero) is 1. The molecule has 0 bridgehead atoms. The fourth-order valence-corrected chi connectivity index (χ4v) is 11.4. The summed E-state index contributed by atoms with van der Waals surface area (Å²) in [6, 6.07) is -0.711. The molecule has 0 aromatic carbocycles. The van der Waals surface area contributed by atoms with Crippen molar-refractivity contribution in [2.75, 3.05) is 39.5 Å². The van der Waals surface area contributed by atoms with Gasteiger partial charge in [0.2, 0.25) is 0 Å². The fraction of sp³-hybridized carbons (Fsp3) is 0.833. The molecule has 196 valence electrons. The van der Waals surface area contributed by atoms with Gasteiger partial charge < -0.3 is 0 Å². The average Bonchev–Trinajstić information content (AvgIpc) is 3.56. The van der Waals surface area contributed by atoms with Gasteiger partial charge in [-0.2, -0.15) is 0 Å². The number of amides is 2. The normalized spacial score (nSPS) is 39.0. The zero-order valence-corrected chi connectivity index (χ0v) is 23.8. The van der Waals surface area contributed by atoms with Crippen molar-refractivity contribution in [2.24, 2.45) is 0 Å². The van der Waals surface area contributed by atoms with Crippen LogP contribution in [0.5, 0.6) is 0 Å². The first-order valence-electron chi connectivity index (χ1n) is 12.8. The quantitative estimate of drug-likeness (QED) is 0.158. The first kappa shape index (κ1) is 25.9. The number of hydrogen-bond acceptors (Lipinski definition) is 8. The van der Waals surface area contributed by atoms with E-state index in [2.05, 4.69) is 10.2 Å². The molecule has 0 radical (unpaired) electrons. The Hall–Kier alpha value is -0.760. The van der Waals surface area contributed by atoms with Gasteiger partial charge in [-0.05, 0) is 0 Å². The first-order valence-corrected chi connectivity index (χ1v) is 16.2. The molecule has 2 amide bonds. The van der Waals surface area contributed by atoms with E-state index in [-0.39, 0.29) is 49.6 Å². The number of rotatable bonds is 4. The summed E-state index contributed by atoms with van der Waals surface area (Å²) in [5.74, 6) is 0.836. The average molecular weight is 619 g/mol. The molecule has 5 saturated heterocycles. The number of halogens is 1. The van der Waals surface area contributed by atoms with Crippen LogP contribution < -0.4 is 26.5 Å². The zero-order valence-electron chi connectivity index (χ0n) is 20.9. The van der Waals surface area contributed by atoms with Crippen LogP contribution >= 0.6 is 11.8 Å². The van der Waals surface area contributed by atoms with Crippen molar-refractivity contribution in [3.8, 4) is 0 Å². The number of thioether (sulfide) groups is 1. The molecule has 5 heterocycles. The Morgan fingerprint density at radius 1 is 1.09 bits per heavy atom. The van der Waals surface area contributed by atoms with E-state index in [1.54, 1.807) is 23.6 Å². The van der Waals surface area contributed by atoms with Crippen molar-refractivity contribution in [1.82, 2.24) is 24.9 Å². The summed E-state index contributed by atoms with van der Waals surface area (Å²) >= 11 is 0.879. The second kappa shape index (κ2) is 10.2. The van der Waals surface area contributed by atoms with Crippen LogP contribution in [0.2, 0.25) is 0 Å². The van der Waals surface area contributed by atoms with Gasteiger partial charge in [0.1, 0.15) is 0 Å². The molecule has 5 rings (SSSR count). The number of nitrogens with one attached hydrogen (secondary N) is 1. The number of ketones is 1. The van der Waals surface area contributed by atoms with Crippen LogP contribution in [-0.2, 0) is 19.2 Å². The predicted octanol–water partition coefficient (Wildman–Crippen LogP) is -2.71. The van der Waals surface area contributed by atoms with Crippen LogP contribution in [0.4, 0.5) is 0 Å². The van der Waals surface area contributed by atoms with Gasteiger partial charge in [0.25, 0.3) is 0 Å². The summed E-state index contributed by atoms with van der Waals surface area (Å²) in [6.07, 6.45) is 6.36. The summed E-state index contributed by atoms with van der Waals surface area (Å²) in [7, 11) is 3.98. The Kier molecular flexibility index (Phi) is 7.53. The molecule has 11 heteroatoms. The molecule has 1 spiro atoms. The SMILES string of the molecule is CC(=O)C1CNC2CCCCC([I-]C(=O)C3CSC4CC5(CCCN5C)C(=O)N43)N(C)CC(=O)N21. The Bertz CT molecular complexity index is 907. The predicted molar refractivity (Wildman–Crippen MR) is 129 cm³/mol. The van der Waals surface area contributed by atoms with E-state index < -0.39 is 32.8 Å². The van der Waals surface area contributed by atoms with Crippen molar-refractivity contribution in [2.45, 2.75) is 85.1 Å². The van der Waals surface area contributed by atoms with Crippen LogP contribution in [0.1, 0.15) is 51.9 Å². The van der Waals surface area contributed by atoms with Crippen LogP contribution in [0.25, 0.3) is 0 Å². The standard InChI is InChI=1S/C24H37IN5O4S/c1-15(31)16-12-26-19-8-5-4-7-18(27(2)13-20(32)29(16)19)25-22(33)17-14-35-21-11-24(23(34)30(17)21)9-6-10-28(24)3/h16-19,21,26H,4-14H2,1-3H3/q-1. The van der Waals surface area contributed by atoms with Gasteiger partial charge in [-0.3, -0.25) is 0 Å². The number of fused-ring (bicyclic) bond motifs is 2. The summed E-state index contributed by atoms with van der Waals surface area (Å²) in [5.41, 5.74) is -0.401. The summed E-state index contributed by atoms with van der Waals surface area (Å²) in [6.45, 7) is 3.24. The topological polar surface area (TPSA) is 93.3 Å². The van der Waals surface area contributed by atoms with Gasteiger partial charge in [0.15, 0.2) is 0 Å². The van der Waals surface area contributed by atoms with Crippen molar-refractivity contribution < 1.29 is 40.4 Å². The summed E-state index contributed by atoms with van der Waals surface area (Å²) < 4.78 is 0.298. The summed E-state index contributed by atoms with van der Waals surface area (Å²) in [5, 5.41) is 3.47. The molecule has 5 fully saturated rings. The third kappa shape index (κ3) is 4.57. The second-order valence-electron chi connectivity index (χ2n) is 10.7. The van der Waals surface area contributed by atoms with Crippen molar-refractivity contribution in [1.29, 1.82) is 0 Å². The van der Waals surface area contributed by atoms with Gasteiger partial charge >= 0.3 is 223 Å². The number of hydrogen-bond donors (Lipinski definition) is 1.